The second-order valence-electron chi connectivity index (χ2n) is 4.13. The summed E-state index contributed by atoms with van der Waals surface area (Å²) in [7, 11) is 1.65. The highest BCUT2D eigenvalue weighted by molar-refractivity contribution is 5.76. The Morgan fingerprint density at radius 1 is 1.60 bits per heavy atom. The fourth-order valence-corrected chi connectivity index (χ4v) is 1.59. The predicted molar refractivity (Wildman–Crippen MR) is 57.5 cm³/mol. The van der Waals surface area contributed by atoms with Crippen molar-refractivity contribution in [1.29, 1.82) is 0 Å². The largest absolute Gasteiger partial charge is 0.395 e. The number of carbonyl (C=O) groups is 1. The molecule has 0 radical (unpaired) electrons. The maximum absolute atomic E-state index is 11.8. The molecule has 15 heavy (non-hydrogen) atoms. The van der Waals surface area contributed by atoms with Crippen molar-refractivity contribution in [2.75, 3.05) is 20.3 Å². The molecule has 0 aromatic rings. The van der Waals surface area contributed by atoms with Gasteiger partial charge in [0.1, 0.15) is 0 Å². The molecule has 0 saturated heterocycles. The predicted octanol–water partition coefficient (Wildman–Crippen LogP) is 0.785. The van der Waals surface area contributed by atoms with Gasteiger partial charge < -0.3 is 14.7 Å². The Bertz CT molecular complexity index is 204. The second kappa shape index (κ2) is 6.08. The quantitative estimate of drug-likeness (QED) is 0.683. The molecule has 0 spiro atoms. The SMILES string of the molecule is COC(C)CCC(=O)N(CCO)C1CC1. The second-order valence-corrected chi connectivity index (χ2v) is 4.13. The Morgan fingerprint density at radius 2 is 2.27 bits per heavy atom. The van der Waals surface area contributed by atoms with E-state index in [1.54, 1.807) is 7.11 Å². The molecule has 88 valence electrons. The van der Waals surface area contributed by atoms with Gasteiger partial charge in [0.25, 0.3) is 0 Å². The van der Waals surface area contributed by atoms with Gasteiger partial charge in [-0.3, -0.25) is 4.79 Å². The van der Waals surface area contributed by atoms with E-state index < -0.39 is 0 Å². The number of ether oxygens (including phenoxy) is 1. The Kier molecular flexibility index (Phi) is 5.05. The summed E-state index contributed by atoms with van der Waals surface area (Å²) in [5, 5.41) is 8.87. The summed E-state index contributed by atoms with van der Waals surface area (Å²) in [4.78, 5) is 13.6. The van der Waals surface area contributed by atoms with Crippen molar-refractivity contribution in [2.24, 2.45) is 0 Å². The lowest BCUT2D eigenvalue weighted by Crippen LogP contribution is -2.35. The molecule has 1 rings (SSSR count). The molecule has 0 aliphatic heterocycles. The highest BCUT2D eigenvalue weighted by Gasteiger charge is 2.31. The molecule has 1 amide bonds. The number of hydrogen-bond donors (Lipinski definition) is 1. The van der Waals surface area contributed by atoms with Crippen LogP contribution in [0.3, 0.4) is 0 Å². The van der Waals surface area contributed by atoms with Crippen molar-refractivity contribution in [3.8, 4) is 0 Å². The van der Waals surface area contributed by atoms with Gasteiger partial charge >= 0.3 is 0 Å². The third-order valence-corrected chi connectivity index (χ3v) is 2.82. The smallest absolute Gasteiger partial charge is 0.222 e. The number of methoxy groups -OCH3 is 1. The molecule has 1 N–H and O–H groups in total. The van der Waals surface area contributed by atoms with Crippen molar-refractivity contribution in [1.82, 2.24) is 4.90 Å². The fraction of sp³-hybridized carbons (Fsp3) is 0.909. The molecule has 1 aliphatic rings. The third kappa shape index (κ3) is 4.18. The van der Waals surface area contributed by atoms with Crippen LogP contribution < -0.4 is 0 Å². The fourth-order valence-electron chi connectivity index (χ4n) is 1.59. The van der Waals surface area contributed by atoms with Gasteiger partial charge in [-0.1, -0.05) is 0 Å². The van der Waals surface area contributed by atoms with Crippen LogP contribution in [0.15, 0.2) is 0 Å². The summed E-state index contributed by atoms with van der Waals surface area (Å²) < 4.78 is 5.10. The van der Waals surface area contributed by atoms with Crippen molar-refractivity contribution in [2.45, 2.75) is 44.8 Å². The van der Waals surface area contributed by atoms with Gasteiger partial charge in [0.05, 0.1) is 12.7 Å². The molecule has 1 fully saturated rings. The normalized spacial score (nSPS) is 17.5. The van der Waals surface area contributed by atoms with Crippen LogP contribution in [0.2, 0.25) is 0 Å². The Labute approximate surface area is 91.2 Å². The van der Waals surface area contributed by atoms with Crippen molar-refractivity contribution >= 4 is 5.91 Å². The van der Waals surface area contributed by atoms with Crippen LogP contribution in [0.4, 0.5) is 0 Å². The Hall–Kier alpha value is -0.610. The number of aliphatic hydroxyl groups excluding tert-OH is 1. The van der Waals surface area contributed by atoms with E-state index >= 15 is 0 Å². The topological polar surface area (TPSA) is 49.8 Å². The summed E-state index contributed by atoms with van der Waals surface area (Å²) in [5.74, 6) is 0.149. The van der Waals surface area contributed by atoms with Crippen molar-refractivity contribution < 1.29 is 14.6 Å². The lowest BCUT2D eigenvalue weighted by Gasteiger charge is -2.22. The minimum Gasteiger partial charge on any atom is -0.395 e. The van der Waals surface area contributed by atoms with E-state index in [2.05, 4.69) is 0 Å². The van der Waals surface area contributed by atoms with Gasteiger partial charge in [0.2, 0.25) is 5.91 Å². The van der Waals surface area contributed by atoms with E-state index in [0.29, 0.717) is 19.0 Å². The van der Waals surface area contributed by atoms with Gasteiger partial charge in [-0.15, -0.1) is 0 Å². The van der Waals surface area contributed by atoms with Crippen LogP contribution in [-0.4, -0.2) is 48.3 Å². The molecule has 0 bridgehead atoms. The van der Waals surface area contributed by atoms with Gasteiger partial charge in [-0.2, -0.15) is 0 Å². The maximum atomic E-state index is 11.8. The van der Waals surface area contributed by atoms with E-state index in [-0.39, 0.29) is 18.6 Å². The van der Waals surface area contributed by atoms with E-state index in [9.17, 15) is 4.79 Å². The van der Waals surface area contributed by atoms with Crippen LogP contribution >= 0.6 is 0 Å². The van der Waals surface area contributed by atoms with E-state index in [1.807, 2.05) is 11.8 Å². The van der Waals surface area contributed by atoms with E-state index in [0.717, 1.165) is 19.3 Å². The van der Waals surface area contributed by atoms with Crippen LogP contribution in [0.5, 0.6) is 0 Å². The van der Waals surface area contributed by atoms with E-state index in [4.69, 9.17) is 9.84 Å². The zero-order chi connectivity index (χ0) is 11.3. The minimum atomic E-state index is 0.0576. The van der Waals surface area contributed by atoms with Crippen LogP contribution in [0, 0.1) is 0 Å². The molecule has 0 aromatic carbocycles. The standard InChI is InChI=1S/C11H21NO3/c1-9(15-2)3-6-11(14)12(7-8-13)10-4-5-10/h9-10,13H,3-8H2,1-2H3. The van der Waals surface area contributed by atoms with Crippen LogP contribution in [0.1, 0.15) is 32.6 Å². The molecule has 0 heterocycles. The van der Waals surface area contributed by atoms with Crippen molar-refractivity contribution in [3.05, 3.63) is 0 Å². The monoisotopic (exact) mass is 215 g/mol. The molecular formula is C11H21NO3. The average molecular weight is 215 g/mol. The van der Waals surface area contributed by atoms with Gasteiger partial charge in [0, 0.05) is 26.1 Å². The van der Waals surface area contributed by atoms with Gasteiger partial charge in [-0.25, -0.2) is 0 Å². The molecule has 1 unspecified atom stereocenters. The summed E-state index contributed by atoms with van der Waals surface area (Å²) in [6.45, 7) is 2.49. The van der Waals surface area contributed by atoms with E-state index in [1.165, 1.54) is 0 Å². The highest BCUT2D eigenvalue weighted by atomic mass is 16.5. The Morgan fingerprint density at radius 3 is 2.73 bits per heavy atom. The van der Waals surface area contributed by atoms with Crippen molar-refractivity contribution in [3.63, 3.8) is 0 Å². The highest BCUT2D eigenvalue weighted by Crippen LogP contribution is 2.27. The number of nitrogens with zero attached hydrogens (tertiary/aromatic N) is 1. The molecule has 0 aromatic heterocycles. The number of aliphatic hydroxyl groups is 1. The van der Waals surface area contributed by atoms with Gasteiger partial charge in [0.15, 0.2) is 0 Å². The summed E-state index contributed by atoms with van der Waals surface area (Å²) in [5.41, 5.74) is 0. The molecular weight excluding hydrogens is 194 g/mol. The molecule has 1 saturated carbocycles. The number of carbonyl (C=O) groups excluding carboxylic acids is 1. The minimum absolute atomic E-state index is 0.0576. The number of rotatable bonds is 7. The molecule has 1 aliphatic carbocycles. The first-order valence-corrected chi connectivity index (χ1v) is 5.62. The third-order valence-electron chi connectivity index (χ3n) is 2.82. The molecule has 4 heteroatoms. The first kappa shape index (κ1) is 12.5. The molecule has 1 atom stereocenters. The first-order chi connectivity index (χ1) is 7.19. The lowest BCUT2D eigenvalue weighted by molar-refractivity contribution is -0.132. The van der Waals surface area contributed by atoms with Gasteiger partial charge in [-0.05, 0) is 26.2 Å². The molecule has 4 nitrogen and oxygen atoms in total. The first-order valence-electron chi connectivity index (χ1n) is 5.62. The van der Waals surface area contributed by atoms with Crippen LogP contribution in [0.25, 0.3) is 0 Å². The van der Waals surface area contributed by atoms with Crippen LogP contribution in [-0.2, 0) is 9.53 Å². The summed E-state index contributed by atoms with van der Waals surface area (Å²) in [6.07, 6.45) is 3.58. The maximum Gasteiger partial charge on any atom is 0.222 e. The number of hydrogen-bond acceptors (Lipinski definition) is 3. The summed E-state index contributed by atoms with van der Waals surface area (Å²) >= 11 is 0. The zero-order valence-electron chi connectivity index (χ0n) is 9.61. The Balaban J connectivity index is 2.29. The number of amides is 1. The average Bonchev–Trinajstić information content (AvgIpc) is 3.05. The summed E-state index contributed by atoms with van der Waals surface area (Å²) in [6, 6.07) is 0.391. The lowest BCUT2D eigenvalue weighted by atomic mass is 10.2. The zero-order valence-corrected chi connectivity index (χ0v) is 9.61.